The van der Waals surface area contributed by atoms with Crippen molar-refractivity contribution in [1.29, 1.82) is 0 Å². The summed E-state index contributed by atoms with van der Waals surface area (Å²) in [4.78, 5) is 22.6. The van der Waals surface area contributed by atoms with Crippen molar-refractivity contribution in [2.24, 2.45) is 5.92 Å². The maximum absolute atomic E-state index is 12.1. The van der Waals surface area contributed by atoms with Crippen LogP contribution in [0.25, 0.3) is 0 Å². The van der Waals surface area contributed by atoms with Crippen molar-refractivity contribution in [3.05, 3.63) is 29.8 Å². The van der Waals surface area contributed by atoms with Gasteiger partial charge in [-0.1, -0.05) is 26.0 Å². The van der Waals surface area contributed by atoms with Gasteiger partial charge in [0.15, 0.2) is 6.61 Å². The smallest absolute Gasteiger partial charge is 0.341 e. The van der Waals surface area contributed by atoms with Crippen molar-refractivity contribution < 1.29 is 24.2 Å². The van der Waals surface area contributed by atoms with Gasteiger partial charge in [-0.05, 0) is 43.9 Å². The molecule has 2 unspecified atom stereocenters. The van der Waals surface area contributed by atoms with Gasteiger partial charge < -0.3 is 19.9 Å². The molecule has 0 aliphatic heterocycles. The highest BCUT2D eigenvalue weighted by atomic mass is 16.5. The largest absolute Gasteiger partial charge is 0.482 e. The quantitative estimate of drug-likeness (QED) is 0.686. The molecule has 1 aromatic rings. The van der Waals surface area contributed by atoms with E-state index in [4.69, 9.17) is 14.6 Å². The van der Waals surface area contributed by atoms with Gasteiger partial charge in [-0.15, -0.1) is 0 Å². The van der Waals surface area contributed by atoms with E-state index in [0.29, 0.717) is 18.3 Å². The molecule has 0 aromatic heterocycles. The van der Waals surface area contributed by atoms with E-state index in [1.54, 1.807) is 31.2 Å². The monoisotopic (exact) mass is 337 g/mol. The highest BCUT2D eigenvalue weighted by molar-refractivity contribution is 5.80. The molecule has 0 aliphatic carbocycles. The van der Waals surface area contributed by atoms with Gasteiger partial charge in [-0.2, -0.15) is 0 Å². The van der Waals surface area contributed by atoms with Gasteiger partial charge in [0.2, 0.25) is 5.91 Å². The van der Waals surface area contributed by atoms with Crippen LogP contribution in [-0.2, 0) is 14.3 Å². The number of rotatable bonds is 10. The Hall–Kier alpha value is -2.08. The Morgan fingerprint density at radius 1 is 1.12 bits per heavy atom. The molecule has 6 nitrogen and oxygen atoms in total. The third-order valence-corrected chi connectivity index (χ3v) is 3.53. The lowest BCUT2D eigenvalue weighted by Gasteiger charge is -2.19. The van der Waals surface area contributed by atoms with Crippen LogP contribution in [-0.4, -0.2) is 36.3 Å². The maximum Gasteiger partial charge on any atom is 0.341 e. The van der Waals surface area contributed by atoms with E-state index in [0.717, 1.165) is 12.0 Å². The number of benzene rings is 1. The van der Waals surface area contributed by atoms with Crippen molar-refractivity contribution >= 4 is 11.9 Å². The van der Waals surface area contributed by atoms with Gasteiger partial charge in [0.1, 0.15) is 11.9 Å². The Balaban J connectivity index is 2.47. The Morgan fingerprint density at radius 3 is 2.29 bits per heavy atom. The first kappa shape index (κ1) is 20.0. The van der Waals surface area contributed by atoms with Crippen LogP contribution in [0.2, 0.25) is 0 Å². The van der Waals surface area contributed by atoms with Crippen LogP contribution in [0.3, 0.4) is 0 Å². The second-order valence-electron chi connectivity index (χ2n) is 6.18. The number of carbonyl (C=O) groups is 2. The Morgan fingerprint density at radius 2 is 1.75 bits per heavy atom. The molecule has 0 bridgehead atoms. The highest BCUT2D eigenvalue weighted by Gasteiger charge is 2.16. The summed E-state index contributed by atoms with van der Waals surface area (Å²) in [6, 6.07) is 6.79. The van der Waals surface area contributed by atoms with E-state index in [-0.39, 0.29) is 18.6 Å². The molecule has 0 radical (unpaired) electrons. The molecule has 24 heavy (non-hydrogen) atoms. The first-order valence-electron chi connectivity index (χ1n) is 8.16. The minimum atomic E-state index is -1.02. The Kier molecular flexibility index (Phi) is 8.26. The van der Waals surface area contributed by atoms with Gasteiger partial charge in [0.05, 0.1) is 6.04 Å². The molecule has 2 N–H and O–H groups in total. The fraction of sp³-hybridized carbons (Fsp3) is 0.556. The van der Waals surface area contributed by atoms with E-state index < -0.39 is 12.1 Å². The lowest BCUT2D eigenvalue weighted by molar-refractivity contribution is -0.139. The van der Waals surface area contributed by atoms with Crippen molar-refractivity contribution in [1.82, 2.24) is 5.32 Å². The summed E-state index contributed by atoms with van der Waals surface area (Å²) in [5, 5.41) is 11.5. The van der Waals surface area contributed by atoms with Crippen LogP contribution >= 0.6 is 0 Å². The van der Waals surface area contributed by atoms with Gasteiger partial charge in [-0.3, -0.25) is 4.79 Å². The summed E-state index contributed by atoms with van der Waals surface area (Å²) in [5.74, 6) is -0.158. The van der Waals surface area contributed by atoms with Gasteiger partial charge in [0, 0.05) is 6.61 Å². The Bertz CT molecular complexity index is 527. The van der Waals surface area contributed by atoms with Crippen LogP contribution in [0, 0.1) is 5.92 Å². The van der Waals surface area contributed by atoms with Crippen molar-refractivity contribution in [3.63, 3.8) is 0 Å². The number of carboxylic acids is 1. The number of amides is 1. The molecule has 0 heterocycles. The second-order valence-corrected chi connectivity index (χ2v) is 6.18. The van der Waals surface area contributed by atoms with Crippen molar-refractivity contribution in [2.75, 3.05) is 13.2 Å². The number of aliphatic carboxylic acids is 1. The van der Waals surface area contributed by atoms with E-state index in [2.05, 4.69) is 19.2 Å². The van der Waals surface area contributed by atoms with Crippen LogP contribution in [0.5, 0.6) is 5.75 Å². The molecule has 1 amide bonds. The molecule has 134 valence electrons. The van der Waals surface area contributed by atoms with Crippen LogP contribution in [0.4, 0.5) is 0 Å². The van der Waals surface area contributed by atoms with E-state index in [9.17, 15) is 9.59 Å². The zero-order valence-corrected chi connectivity index (χ0v) is 14.7. The number of hydrogen-bond donors (Lipinski definition) is 2. The van der Waals surface area contributed by atoms with Gasteiger partial charge in [0.25, 0.3) is 0 Å². The lowest BCUT2D eigenvalue weighted by atomic mass is 10.1. The summed E-state index contributed by atoms with van der Waals surface area (Å²) in [7, 11) is 0. The summed E-state index contributed by atoms with van der Waals surface area (Å²) in [5.41, 5.74) is 0.903. The third-order valence-electron chi connectivity index (χ3n) is 3.53. The SMILES string of the molecule is CC(C)CCOC(C)C(=O)NC(C)c1ccc(OCC(=O)O)cc1. The lowest BCUT2D eigenvalue weighted by Crippen LogP contribution is -2.36. The van der Waals surface area contributed by atoms with Crippen LogP contribution < -0.4 is 10.1 Å². The number of carboxylic acid groups (broad SMARTS) is 1. The fourth-order valence-electron chi connectivity index (χ4n) is 1.97. The third kappa shape index (κ3) is 7.46. The number of ether oxygens (including phenoxy) is 2. The molecule has 6 heteroatoms. The standard InChI is InChI=1S/C18H27NO5/c1-12(2)9-10-23-14(4)18(22)19-13(3)15-5-7-16(8-6-15)24-11-17(20)21/h5-8,12-14H,9-11H2,1-4H3,(H,19,22)(H,20,21). The maximum atomic E-state index is 12.1. The average Bonchev–Trinajstić information content (AvgIpc) is 2.52. The van der Waals surface area contributed by atoms with E-state index in [1.807, 2.05) is 6.92 Å². The molecule has 0 aliphatic rings. The fourth-order valence-corrected chi connectivity index (χ4v) is 1.97. The summed E-state index contributed by atoms with van der Waals surface area (Å²) in [6.45, 7) is 8.03. The molecule has 0 saturated heterocycles. The molecule has 0 saturated carbocycles. The summed E-state index contributed by atoms with van der Waals surface area (Å²) in [6.07, 6.45) is 0.426. The normalized spacial score (nSPS) is 13.4. The predicted molar refractivity (Wildman–Crippen MR) is 91.0 cm³/mol. The van der Waals surface area contributed by atoms with Crippen LogP contribution in [0.1, 0.15) is 45.7 Å². The molecule has 1 aromatic carbocycles. The molecular weight excluding hydrogens is 310 g/mol. The van der Waals surface area contributed by atoms with Crippen LogP contribution in [0.15, 0.2) is 24.3 Å². The minimum absolute atomic E-state index is 0.155. The molecule has 0 spiro atoms. The minimum Gasteiger partial charge on any atom is -0.482 e. The summed E-state index contributed by atoms with van der Waals surface area (Å²) < 4.78 is 10.6. The van der Waals surface area contributed by atoms with Gasteiger partial charge in [-0.25, -0.2) is 4.79 Å². The number of carbonyl (C=O) groups excluding carboxylic acids is 1. The molecule has 2 atom stereocenters. The van der Waals surface area contributed by atoms with Crippen molar-refractivity contribution in [2.45, 2.75) is 46.3 Å². The number of hydrogen-bond acceptors (Lipinski definition) is 4. The number of nitrogens with one attached hydrogen (secondary N) is 1. The average molecular weight is 337 g/mol. The summed E-state index contributed by atoms with van der Waals surface area (Å²) >= 11 is 0. The topological polar surface area (TPSA) is 84.9 Å². The Labute approximate surface area is 143 Å². The van der Waals surface area contributed by atoms with Gasteiger partial charge >= 0.3 is 5.97 Å². The zero-order chi connectivity index (χ0) is 18.1. The zero-order valence-electron chi connectivity index (χ0n) is 14.7. The second kappa shape index (κ2) is 9.93. The van der Waals surface area contributed by atoms with E-state index in [1.165, 1.54) is 0 Å². The molecule has 0 fully saturated rings. The predicted octanol–water partition coefficient (Wildman–Crippen LogP) is 2.78. The molecule has 1 rings (SSSR count). The first-order valence-corrected chi connectivity index (χ1v) is 8.16. The van der Waals surface area contributed by atoms with Crippen molar-refractivity contribution in [3.8, 4) is 5.75 Å². The first-order chi connectivity index (χ1) is 11.3. The van der Waals surface area contributed by atoms with E-state index >= 15 is 0 Å². The molecular formula is C18H27NO5. The highest BCUT2D eigenvalue weighted by Crippen LogP contribution is 2.18.